The van der Waals surface area contributed by atoms with Crippen molar-refractivity contribution >= 4 is 5.97 Å². The molecule has 15 heavy (non-hydrogen) atoms. The second-order valence-corrected chi connectivity index (χ2v) is 4.01. The molecule has 0 aliphatic rings. The number of nitrogens with one attached hydrogen (secondary N) is 1. The second kappa shape index (κ2) is 6.80. The highest BCUT2D eigenvalue weighted by molar-refractivity contribution is 5.75. The van der Waals surface area contributed by atoms with E-state index in [0.717, 1.165) is 6.42 Å². The lowest BCUT2D eigenvalue weighted by atomic mass is 9.94. The molecule has 0 aromatic heterocycles. The SMILES string of the molecule is CCOC(=O)C(C)NC(C)(CC)CCO. The van der Waals surface area contributed by atoms with E-state index in [0.29, 0.717) is 13.0 Å². The molecule has 90 valence electrons. The van der Waals surface area contributed by atoms with Crippen LogP contribution in [0, 0.1) is 0 Å². The van der Waals surface area contributed by atoms with E-state index >= 15 is 0 Å². The van der Waals surface area contributed by atoms with Crippen LogP contribution in [0.3, 0.4) is 0 Å². The highest BCUT2D eigenvalue weighted by atomic mass is 16.5. The van der Waals surface area contributed by atoms with Crippen molar-refractivity contribution in [3.05, 3.63) is 0 Å². The van der Waals surface area contributed by atoms with Gasteiger partial charge in [-0.15, -0.1) is 0 Å². The zero-order chi connectivity index (χ0) is 11.9. The Morgan fingerprint density at radius 3 is 2.53 bits per heavy atom. The maximum absolute atomic E-state index is 11.4. The molecule has 0 radical (unpaired) electrons. The van der Waals surface area contributed by atoms with Crippen LogP contribution < -0.4 is 5.32 Å². The third-order valence-electron chi connectivity index (χ3n) is 2.65. The van der Waals surface area contributed by atoms with Gasteiger partial charge in [-0.2, -0.15) is 0 Å². The lowest BCUT2D eigenvalue weighted by Gasteiger charge is -2.31. The number of rotatable bonds is 7. The molecular weight excluding hydrogens is 194 g/mol. The molecule has 0 aliphatic heterocycles. The van der Waals surface area contributed by atoms with Crippen molar-refractivity contribution in [3.63, 3.8) is 0 Å². The summed E-state index contributed by atoms with van der Waals surface area (Å²) in [5.41, 5.74) is -0.207. The first-order valence-corrected chi connectivity index (χ1v) is 5.54. The van der Waals surface area contributed by atoms with Crippen molar-refractivity contribution in [1.82, 2.24) is 5.32 Å². The fourth-order valence-electron chi connectivity index (χ4n) is 1.45. The van der Waals surface area contributed by atoms with Crippen LogP contribution in [0.5, 0.6) is 0 Å². The van der Waals surface area contributed by atoms with E-state index in [4.69, 9.17) is 9.84 Å². The van der Waals surface area contributed by atoms with Crippen LogP contribution in [0.15, 0.2) is 0 Å². The molecular formula is C11H23NO3. The van der Waals surface area contributed by atoms with Gasteiger partial charge in [0.1, 0.15) is 6.04 Å². The van der Waals surface area contributed by atoms with Crippen molar-refractivity contribution in [2.24, 2.45) is 0 Å². The molecule has 2 atom stereocenters. The van der Waals surface area contributed by atoms with Gasteiger partial charge in [-0.05, 0) is 33.6 Å². The maximum Gasteiger partial charge on any atom is 0.322 e. The van der Waals surface area contributed by atoms with Crippen LogP contribution in [-0.2, 0) is 9.53 Å². The van der Waals surface area contributed by atoms with Gasteiger partial charge in [0.05, 0.1) is 6.61 Å². The molecule has 0 amide bonds. The highest BCUT2D eigenvalue weighted by Crippen LogP contribution is 2.14. The highest BCUT2D eigenvalue weighted by Gasteiger charge is 2.26. The van der Waals surface area contributed by atoms with Gasteiger partial charge in [-0.1, -0.05) is 6.92 Å². The van der Waals surface area contributed by atoms with Gasteiger partial charge in [0.15, 0.2) is 0 Å². The molecule has 0 aromatic carbocycles. The van der Waals surface area contributed by atoms with Crippen molar-refractivity contribution < 1.29 is 14.6 Å². The number of ether oxygens (including phenoxy) is 1. The van der Waals surface area contributed by atoms with Gasteiger partial charge in [0, 0.05) is 12.1 Å². The van der Waals surface area contributed by atoms with Crippen LogP contribution in [0.1, 0.15) is 40.5 Å². The molecule has 0 saturated carbocycles. The predicted molar refractivity (Wildman–Crippen MR) is 59.6 cm³/mol. The van der Waals surface area contributed by atoms with Crippen molar-refractivity contribution in [2.45, 2.75) is 52.1 Å². The average molecular weight is 217 g/mol. The molecule has 0 fully saturated rings. The number of aliphatic hydroxyl groups excluding tert-OH is 1. The van der Waals surface area contributed by atoms with Crippen LogP contribution >= 0.6 is 0 Å². The summed E-state index contributed by atoms with van der Waals surface area (Å²) in [5.74, 6) is -0.241. The lowest BCUT2D eigenvalue weighted by molar-refractivity contribution is -0.145. The number of aliphatic hydroxyl groups is 1. The molecule has 2 unspecified atom stereocenters. The summed E-state index contributed by atoms with van der Waals surface area (Å²) in [6.45, 7) is 8.11. The molecule has 0 aromatic rings. The van der Waals surface area contributed by atoms with E-state index in [2.05, 4.69) is 5.32 Å². The Morgan fingerprint density at radius 2 is 2.13 bits per heavy atom. The van der Waals surface area contributed by atoms with Crippen molar-refractivity contribution in [2.75, 3.05) is 13.2 Å². The van der Waals surface area contributed by atoms with Crippen molar-refractivity contribution in [1.29, 1.82) is 0 Å². The molecule has 0 aliphatic carbocycles. The number of carbonyl (C=O) groups excluding carboxylic acids is 1. The molecule has 0 heterocycles. The monoisotopic (exact) mass is 217 g/mol. The van der Waals surface area contributed by atoms with E-state index in [1.54, 1.807) is 13.8 Å². The Kier molecular flexibility index (Phi) is 6.52. The van der Waals surface area contributed by atoms with Gasteiger partial charge >= 0.3 is 5.97 Å². The summed E-state index contributed by atoms with van der Waals surface area (Å²) in [6.07, 6.45) is 1.49. The summed E-state index contributed by atoms with van der Waals surface area (Å²) in [4.78, 5) is 11.4. The first-order chi connectivity index (χ1) is 6.99. The van der Waals surface area contributed by atoms with Gasteiger partial charge in [0.2, 0.25) is 0 Å². The zero-order valence-electron chi connectivity index (χ0n) is 10.2. The van der Waals surface area contributed by atoms with Gasteiger partial charge in [-0.25, -0.2) is 0 Å². The smallest absolute Gasteiger partial charge is 0.322 e. The van der Waals surface area contributed by atoms with Crippen LogP contribution in [0.25, 0.3) is 0 Å². The van der Waals surface area contributed by atoms with Crippen LogP contribution in [-0.4, -0.2) is 35.9 Å². The minimum Gasteiger partial charge on any atom is -0.465 e. The summed E-state index contributed by atoms with van der Waals surface area (Å²) in [6, 6.07) is -0.332. The zero-order valence-corrected chi connectivity index (χ0v) is 10.2. The molecule has 2 N–H and O–H groups in total. The summed E-state index contributed by atoms with van der Waals surface area (Å²) in [7, 11) is 0. The second-order valence-electron chi connectivity index (χ2n) is 4.01. The largest absolute Gasteiger partial charge is 0.465 e. The van der Waals surface area contributed by atoms with E-state index in [1.807, 2.05) is 13.8 Å². The summed E-state index contributed by atoms with van der Waals surface area (Å²) >= 11 is 0. The Hall–Kier alpha value is -0.610. The van der Waals surface area contributed by atoms with Crippen molar-refractivity contribution in [3.8, 4) is 0 Å². The van der Waals surface area contributed by atoms with Gasteiger partial charge < -0.3 is 9.84 Å². The lowest BCUT2D eigenvalue weighted by Crippen LogP contribution is -2.50. The Morgan fingerprint density at radius 1 is 1.53 bits per heavy atom. The summed E-state index contributed by atoms with van der Waals surface area (Å²) < 4.78 is 4.91. The minimum absolute atomic E-state index is 0.118. The maximum atomic E-state index is 11.4. The van der Waals surface area contributed by atoms with E-state index in [1.165, 1.54) is 0 Å². The molecule has 0 bridgehead atoms. The van der Waals surface area contributed by atoms with E-state index in [-0.39, 0.29) is 24.2 Å². The topological polar surface area (TPSA) is 58.6 Å². The third-order valence-corrected chi connectivity index (χ3v) is 2.65. The van der Waals surface area contributed by atoms with Crippen LogP contribution in [0.4, 0.5) is 0 Å². The number of hydrogen-bond donors (Lipinski definition) is 2. The third kappa shape index (κ3) is 5.14. The first kappa shape index (κ1) is 14.4. The number of esters is 1. The van der Waals surface area contributed by atoms with E-state index in [9.17, 15) is 4.79 Å². The minimum atomic E-state index is -0.332. The van der Waals surface area contributed by atoms with Gasteiger partial charge in [0.25, 0.3) is 0 Å². The average Bonchev–Trinajstić information content (AvgIpc) is 2.18. The fourth-order valence-corrected chi connectivity index (χ4v) is 1.45. The fraction of sp³-hybridized carbons (Fsp3) is 0.909. The Labute approximate surface area is 92.0 Å². The van der Waals surface area contributed by atoms with Gasteiger partial charge in [-0.3, -0.25) is 10.1 Å². The normalized spacial score (nSPS) is 16.9. The first-order valence-electron chi connectivity index (χ1n) is 5.54. The standard InChI is InChI=1S/C11H23NO3/c1-5-11(4,7-8-13)12-9(3)10(14)15-6-2/h9,12-13H,5-8H2,1-4H3. The predicted octanol–water partition coefficient (Wildman–Crippen LogP) is 1.08. The number of carbonyl (C=O) groups is 1. The molecule has 0 rings (SSSR count). The summed E-state index contributed by atoms with van der Waals surface area (Å²) in [5, 5.41) is 12.1. The molecule has 0 saturated heterocycles. The van der Waals surface area contributed by atoms with E-state index < -0.39 is 0 Å². The quantitative estimate of drug-likeness (QED) is 0.626. The molecule has 4 nitrogen and oxygen atoms in total. The Balaban J connectivity index is 4.22. The Bertz CT molecular complexity index is 196. The molecule has 4 heteroatoms. The van der Waals surface area contributed by atoms with Crippen LogP contribution in [0.2, 0.25) is 0 Å². The number of hydrogen-bond acceptors (Lipinski definition) is 4. The molecule has 0 spiro atoms.